The molecule has 1 saturated carbocycles. The van der Waals surface area contributed by atoms with Crippen molar-refractivity contribution < 1.29 is 0 Å². The topological polar surface area (TPSA) is 48.7 Å². The van der Waals surface area contributed by atoms with E-state index in [9.17, 15) is 5.26 Å². The minimum Gasteiger partial charge on any atom is -0.366 e. The van der Waals surface area contributed by atoms with E-state index in [1.165, 1.54) is 43.4 Å². The highest BCUT2D eigenvalue weighted by atomic mass is 15.0. The Labute approximate surface area is 121 Å². The van der Waals surface area contributed by atoms with Crippen molar-refractivity contribution >= 4 is 5.82 Å². The van der Waals surface area contributed by atoms with Crippen LogP contribution in [0.5, 0.6) is 0 Å². The molecule has 0 amide bonds. The van der Waals surface area contributed by atoms with Crippen LogP contribution in [0.1, 0.15) is 62.3 Å². The van der Waals surface area contributed by atoms with Crippen molar-refractivity contribution in [1.82, 2.24) is 4.98 Å². The first kappa shape index (κ1) is 13.4. The summed E-state index contributed by atoms with van der Waals surface area (Å²) < 4.78 is 0. The molecule has 2 aliphatic rings. The highest BCUT2D eigenvalue weighted by Crippen LogP contribution is 2.35. The van der Waals surface area contributed by atoms with Crippen molar-refractivity contribution in [3.05, 3.63) is 22.9 Å². The summed E-state index contributed by atoms with van der Waals surface area (Å²) >= 11 is 0. The lowest BCUT2D eigenvalue weighted by atomic mass is 9.95. The average Bonchev–Trinajstić information content (AvgIpc) is 3.29. The smallest absolute Gasteiger partial charge is 0.144 e. The molecule has 106 valence electrons. The number of pyridine rings is 1. The van der Waals surface area contributed by atoms with E-state index in [1.54, 1.807) is 0 Å². The van der Waals surface area contributed by atoms with E-state index in [0.717, 1.165) is 36.6 Å². The van der Waals surface area contributed by atoms with Crippen LogP contribution in [0.4, 0.5) is 5.82 Å². The predicted molar refractivity (Wildman–Crippen MR) is 80.6 cm³/mol. The number of nitrogens with one attached hydrogen (secondary N) is 1. The van der Waals surface area contributed by atoms with Gasteiger partial charge in [-0.15, -0.1) is 0 Å². The zero-order valence-corrected chi connectivity index (χ0v) is 12.3. The molecule has 1 fully saturated rings. The van der Waals surface area contributed by atoms with Gasteiger partial charge in [-0.3, -0.25) is 0 Å². The van der Waals surface area contributed by atoms with E-state index in [1.807, 2.05) is 0 Å². The summed E-state index contributed by atoms with van der Waals surface area (Å²) in [5, 5.41) is 12.9. The summed E-state index contributed by atoms with van der Waals surface area (Å²) in [6.45, 7) is 2.21. The fourth-order valence-corrected chi connectivity index (χ4v) is 3.11. The molecule has 0 saturated heterocycles. The molecule has 0 spiro atoms. The second kappa shape index (κ2) is 5.83. The van der Waals surface area contributed by atoms with E-state index in [-0.39, 0.29) is 0 Å². The lowest BCUT2D eigenvalue weighted by molar-refractivity contribution is 0.583. The fraction of sp³-hybridized carbons (Fsp3) is 0.647. The first-order valence-electron chi connectivity index (χ1n) is 7.99. The summed E-state index contributed by atoms with van der Waals surface area (Å²) in [6.07, 6.45) is 9.67. The van der Waals surface area contributed by atoms with Crippen LogP contribution in [0.3, 0.4) is 0 Å². The molecule has 1 N–H and O–H groups in total. The van der Waals surface area contributed by atoms with Crippen molar-refractivity contribution in [2.75, 3.05) is 5.32 Å². The zero-order valence-electron chi connectivity index (χ0n) is 12.3. The van der Waals surface area contributed by atoms with E-state index in [2.05, 4.69) is 24.4 Å². The maximum Gasteiger partial charge on any atom is 0.144 e. The molecule has 3 rings (SSSR count). The third-order valence-corrected chi connectivity index (χ3v) is 4.57. The molecular weight excluding hydrogens is 246 g/mol. The Balaban J connectivity index is 1.81. The summed E-state index contributed by atoms with van der Waals surface area (Å²) in [5.74, 6) is 1.72. The highest BCUT2D eigenvalue weighted by molar-refractivity contribution is 5.55. The highest BCUT2D eigenvalue weighted by Gasteiger charge is 2.25. The standard InChI is InChI=1S/C17H23N3/c1-2-15(9-12-7-8-12)19-17-14(11-18)10-13-5-3-4-6-16(13)20-17/h10,12,15H,2-9H2,1H3,(H,19,20). The number of nitriles is 1. The van der Waals surface area contributed by atoms with Crippen LogP contribution in [0.15, 0.2) is 6.07 Å². The van der Waals surface area contributed by atoms with Gasteiger partial charge >= 0.3 is 0 Å². The molecular formula is C17H23N3. The molecule has 20 heavy (non-hydrogen) atoms. The van der Waals surface area contributed by atoms with Crippen molar-refractivity contribution in [3.8, 4) is 6.07 Å². The quantitative estimate of drug-likeness (QED) is 0.884. The van der Waals surface area contributed by atoms with E-state index in [4.69, 9.17) is 4.98 Å². The lowest BCUT2D eigenvalue weighted by Crippen LogP contribution is -2.21. The van der Waals surface area contributed by atoms with E-state index < -0.39 is 0 Å². The molecule has 3 nitrogen and oxygen atoms in total. The maximum atomic E-state index is 9.37. The lowest BCUT2D eigenvalue weighted by Gasteiger charge is -2.21. The molecule has 1 aromatic heterocycles. The minimum atomic E-state index is 0.462. The van der Waals surface area contributed by atoms with Crippen LogP contribution in [-0.2, 0) is 12.8 Å². The van der Waals surface area contributed by atoms with Crippen LogP contribution in [0.2, 0.25) is 0 Å². The van der Waals surface area contributed by atoms with Gasteiger partial charge in [0.2, 0.25) is 0 Å². The molecule has 1 atom stereocenters. The molecule has 0 aliphatic heterocycles. The Morgan fingerprint density at radius 2 is 2.20 bits per heavy atom. The van der Waals surface area contributed by atoms with E-state index >= 15 is 0 Å². The SMILES string of the molecule is CCC(CC1CC1)Nc1nc2c(cc1C#N)CCCC2. The van der Waals surface area contributed by atoms with Crippen molar-refractivity contribution in [3.63, 3.8) is 0 Å². The first-order valence-corrected chi connectivity index (χ1v) is 7.99. The number of aryl methyl sites for hydroxylation is 2. The number of rotatable bonds is 5. The van der Waals surface area contributed by atoms with Crippen LogP contribution < -0.4 is 5.32 Å². The molecule has 1 unspecified atom stereocenters. The Kier molecular flexibility index (Phi) is 3.91. The molecule has 1 aromatic rings. The Morgan fingerprint density at radius 3 is 2.90 bits per heavy atom. The van der Waals surface area contributed by atoms with Crippen LogP contribution >= 0.6 is 0 Å². The first-order chi connectivity index (χ1) is 9.80. The molecule has 3 heteroatoms. The average molecular weight is 269 g/mol. The van der Waals surface area contributed by atoms with Gasteiger partial charge in [0.05, 0.1) is 5.56 Å². The molecule has 0 radical (unpaired) electrons. The van der Waals surface area contributed by atoms with E-state index in [0.29, 0.717) is 6.04 Å². The van der Waals surface area contributed by atoms with Gasteiger partial charge < -0.3 is 5.32 Å². The van der Waals surface area contributed by atoms with Crippen molar-refractivity contribution in [1.29, 1.82) is 5.26 Å². The van der Waals surface area contributed by atoms with Crippen LogP contribution in [0, 0.1) is 17.2 Å². The molecule has 2 aliphatic carbocycles. The number of aromatic nitrogens is 1. The third-order valence-electron chi connectivity index (χ3n) is 4.57. The number of hydrogen-bond donors (Lipinski definition) is 1. The van der Waals surface area contributed by atoms with Crippen LogP contribution in [0.25, 0.3) is 0 Å². The zero-order chi connectivity index (χ0) is 13.9. The number of hydrogen-bond acceptors (Lipinski definition) is 3. The van der Waals surface area contributed by atoms with Gasteiger partial charge in [-0.2, -0.15) is 5.26 Å². The number of anilines is 1. The molecule has 1 heterocycles. The van der Waals surface area contributed by atoms with Gasteiger partial charge in [-0.05, 0) is 56.1 Å². The molecule has 0 aromatic carbocycles. The second-order valence-electron chi connectivity index (χ2n) is 6.24. The van der Waals surface area contributed by atoms with Gasteiger partial charge in [0, 0.05) is 11.7 Å². The summed E-state index contributed by atoms with van der Waals surface area (Å²) in [7, 11) is 0. The minimum absolute atomic E-state index is 0.462. The Bertz CT molecular complexity index is 526. The normalized spacial score (nSPS) is 19.0. The van der Waals surface area contributed by atoms with Gasteiger partial charge in [-0.25, -0.2) is 4.98 Å². The largest absolute Gasteiger partial charge is 0.366 e. The van der Waals surface area contributed by atoms with Crippen molar-refractivity contribution in [2.24, 2.45) is 5.92 Å². The monoisotopic (exact) mass is 269 g/mol. The number of fused-ring (bicyclic) bond motifs is 1. The van der Waals surface area contributed by atoms with Gasteiger partial charge in [0.25, 0.3) is 0 Å². The summed E-state index contributed by atoms with van der Waals surface area (Å²) in [5.41, 5.74) is 3.22. The molecule has 0 bridgehead atoms. The summed E-state index contributed by atoms with van der Waals surface area (Å²) in [4.78, 5) is 4.77. The maximum absolute atomic E-state index is 9.37. The fourth-order valence-electron chi connectivity index (χ4n) is 3.11. The third kappa shape index (κ3) is 2.95. The number of nitrogens with zero attached hydrogens (tertiary/aromatic N) is 2. The predicted octanol–water partition coefficient (Wildman–Crippen LogP) is 3.82. The Morgan fingerprint density at radius 1 is 1.40 bits per heavy atom. The second-order valence-corrected chi connectivity index (χ2v) is 6.24. The van der Waals surface area contributed by atoms with Gasteiger partial charge in [0.15, 0.2) is 0 Å². The Hall–Kier alpha value is -1.56. The van der Waals surface area contributed by atoms with Gasteiger partial charge in [-0.1, -0.05) is 19.8 Å². The van der Waals surface area contributed by atoms with Gasteiger partial charge in [0.1, 0.15) is 11.9 Å². The van der Waals surface area contributed by atoms with Crippen LogP contribution in [-0.4, -0.2) is 11.0 Å². The summed E-state index contributed by atoms with van der Waals surface area (Å²) in [6, 6.07) is 4.84. The van der Waals surface area contributed by atoms with Crippen molar-refractivity contribution in [2.45, 2.75) is 64.3 Å².